The number of fused-ring (bicyclic) bond motifs is 1. The number of carbonyl (C=O) groups is 1. The fourth-order valence-corrected chi connectivity index (χ4v) is 7.11. The van der Waals surface area contributed by atoms with Crippen LogP contribution in [0.2, 0.25) is 0 Å². The van der Waals surface area contributed by atoms with Crippen LogP contribution in [-0.4, -0.2) is 57.7 Å². The Labute approximate surface area is 199 Å². The molecule has 0 saturated carbocycles. The Balaban J connectivity index is 1.32. The van der Waals surface area contributed by atoms with Crippen molar-refractivity contribution in [1.29, 1.82) is 0 Å². The van der Waals surface area contributed by atoms with Crippen molar-refractivity contribution < 1.29 is 13.2 Å². The summed E-state index contributed by atoms with van der Waals surface area (Å²) in [6.45, 7) is 5.72. The van der Waals surface area contributed by atoms with Gasteiger partial charge >= 0.3 is 0 Å². The summed E-state index contributed by atoms with van der Waals surface area (Å²) in [4.78, 5) is 18.9. The van der Waals surface area contributed by atoms with Gasteiger partial charge in [-0.1, -0.05) is 6.07 Å². The van der Waals surface area contributed by atoms with E-state index in [1.165, 1.54) is 11.8 Å². The summed E-state index contributed by atoms with van der Waals surface area (Å²) in [5.74, 6) is 1.22. The zero-order chi connectivity index (χ0) is 22.6. The monoisotopic (exact) mass is 493 g/mol. The van der Waals surface area contributed by atoms with E-state index in [9.17, 15) is 13.2 Å². The van der Waals surface area contributed by atoms with Gasteiger partial charge in [0.05, 0.1) is 10.6 Å². The minimum Gasteiger partial charge on any atom is -0.311 e. The molecule has 0 spiro atoms. The first kappa shape index (κ1) is 23.8. The minimum absolute atomic E-state index is 0.0536. The van der Waals surface area contributed by atoms with Gasteiger partial charge in [-0.15, -0.1) is 23.1 Å². The average molecular weight is 494 g/mol. The molecule has 3 heterocycles. The maximum absolute atomic E-state index is 13.0. The zero-order valence-electron chi connectivity index (χ0n) is 18.5. The Kier molecular flexibility index (Phi) is 7.94. The number of nitrogens with one attached hydrogen (secondary N) is 1. The molecule has 1 N–H and O–H groups in total. The quantitative estimate of drug-likeness (QED) is 0.635. The van der Waals surface area contributed by atoms with Crippen molar-refractivity contribution in [2.75, 3.05) is 43.4 Å². The first-order valence-corrected chi connectivity index (χ1v) is 14.6. The van der Waals surface area contributed by atoms with Crippen LogP contribution in [0.3, 0.4) is 0 Å². The van der Waals surface area contributed by atoms with E-state index in [0.717, 1.165) is 56.0 Å². The summed E-state index contributed by atoms with van der Waals surface area (Å²) in [6.07, 6.45) is 3.99. The molecule has 1 amide bonds. The Morgan fingerprint density at radius 2 is 2.00 bits per heavy atom. The second-order valence-electron chi connectivity index (χ2n) is 8.47. The number of rotatable bonds is 7. The van der Waals surface area contributed by atoms with E-state index in [-0.39, 0.29) is 10.8 Å². The number of amides is 1. The van der Waals surface area contributed by atoms with Crippen LogP contribution in [-0.2, 0) is 21.2 Å². The number of anilines is 1. The smallest absolute Gasteiger partial charge is 0.240 e. The van der Waals surface area contributed by atoms with E-state index in [1.807, 2.05) is 6.07 Å². The molecule has 0 radical (unpaired) electrons. The molecule has 0 bridgehead atoms. The number of likely N-dealkylation sites (tertiary alicyclic amines) is 1. The molecular weight excluding hydrogens is 462 g/mol. The Bertz CT molecular complexity index is 1020. The number of benzene rings is 1. The maximum Gasteiger partial charge on any atom is 0.240 e. The molecule has 6 nitrogen and oxygen atoms in total. The standard InChI is InChI=1S/C23H31N3O3S3/c1-18(27)26-10-3-15-31-23-6-5-21(16-22(23)26)32(28,29)24-17-19-7-11-25(12-8-19)13-9-20-4-2-14-30-20/h2,4-6,14,16,19,24H,3,7-13,15,17H2,1H3. The molecule has 4 rings (SSSR count). The minimum atomic E-state index is -3.62. The van der Waals surface area contributed by atoms with Crippen molar-refractivity contribution in [3.8, 4) is 0 Å². The first-order chi connectivity index (χ1) is 15.4. The number of carbonyl (C=O) groups excluding carboxylic acids is 1. The molecule has 1 fully saturated rings. The lowest BCUT2D eigenvalue weighted by Gasteiger charge is -2.31. The topological polar surface area (TPSA) is 69.7 Å². The van der Waals surface area contributed by atoms with Crippen LogP contribution >= 0.6 is 23.1 Å². The highest BCUT2D eigenvalue weighted by Gasteiger charge is 2.25. The lowest BCUT2D eigenvalue weighted by Crippen LogP contribution is -2.39. The van der Waals surface area contributed by atoms with Gasteiger partial charge < -0.3 is 9.80 Å². The Hall–Kier alpha value is -1.39. The van der Waals surface area contributed by atoms with Gasteiger partial charge in [-0.3, -0.25) is 4.79 Å². The van der Waals surface area contributed by atoms with Crippen LogP contribution in [0, 0.1) is 5.92 Å². The van der Waals surface area contributed by atoms with Gasteiger partial charge in [-0.2, -0.15) is 0 Å². The highest BCUT2D eigenvalue weighted by atomic mass is 32.2. The molecule has 1 aromatic heterocycles. The molecular formula is C23H31N3O3S3. The number of thiophene rings is 1. The summed E-state index contributed by atoms with van der Waals surface area (Å²) in [7, 11) is -3.62. The van der Waals surface area contributed by atoms with E-state index >= 15 is 0 Å². The van der Waals surface area contributed by atoms with Gasteiger partial charge in [0.15, 0.2) is 0 Å². The second-order valence-corrected chi connectivity index (χ2v) is 12.4. The number of hydrogen-bond acceptors (Lipinski definition) is 6. The van der Waals surface area contributed by atoms with Gasteiger partial charge in [-0.05, 0) is 80.1 Å². The van der Waals surface area contributed by atoms with E-state index in [2.05, 4.69) is 27.1 Å². The number of thioether (sulfide) groups is 1. The van der Waals surface area contributed by atoms with Crippen LogP contribution in [0.4, 0.5) is 5.69 Å². The highest BCUT2D eigenvalue weighted by Crippen LogP contribution is 2.35. The maximum atomic E-state index is 13.0. The third kappa shape index (κ3) is 5.94. The summed E-state index contributed by atoms with van der Waals surface area (Å²) >= 11 is 3.48. The number of sulfonamides is 1. The Morgan fingerprint density at radius 3 is 2.72 bits per heavy atom. The van der Waals surface area contributed by atoms with E-state index in [1.54, 1.807) is 40.1 Å². The van der Waals surface area contributed by atoms with Crippen molar-refractivity contribution in [1.82, 2.24) is 9.62 Å². The van der Waals surface area contributed by atoms with Gasteiger partial charge in [0.25, 0.3) is 0 Å². The lowest BCUT2D eigenvalue weighted by molar-refractivity contribution is -0.116. The van der Waals surface area contributed by atoms with Gasteiger partial charge in [0, 0.05) is 36.3 Å². The van der Waals surface area contributed by atoms with Crippen LogP contribution in [0.1, 0.15) is 31.1 Å². The second kappa shape index (κ2) is 10.7. The molecule has 0 aliphatic carbocycles. The molecule has 32 heavy (non-hydrogen) atoms. The largest absolute Gasteiger partial charge is 0.311 e. The lowest BCUT2D eigenvalue weighted by atomic mass is 9.97. The first-order valence-electron chi connectivity index (χ1n) is 11.2. The van der Waals surface area contributed by atoms with Crippen molar-refractivity contribution in [3.63, 3.8) is 0 Å². The molecule has 1 aromatic carbocycles. The predicted molar refractivity (Wildman–Crippen MR) is 132 cm³/mol. The summed E-state index contributed by atoms with van der Waals surface area (Å²) in [6, 6.07) is 9.43. The molecule has 0 unspecified atom stereocenters. The molecule has 1 saturated heterocycles. The fourth-order valence-electron chi connectivity index (χ4n) is 4.30. The SMILES string of the molecule is CC(=O)N1CCCSc2ccc(S(=O)(=O)NCC3CCN(CCc4cccs4)CC3)cc21. The molecule has 9 heteroatoms. The van der Waals surface area contributed by atoms with Gasteiger partial charge in [0.1, 0.15) is 0 Å². The van der Waals surface area contributed by atoms with Crippen molar-refractivity contribution >= 4 is 44.7 Å². The molecule has 2 aliphatic rings. The zero-order valence-corrected chi connectivity index (χ0v) is 20.9. The van der Waals surface area contributed by atoms with Crippen molar-refractivity contribution in [3.05, 3.63) is 40.6 Å². The summed E-state index contributed by atoms with van der Waals surface area (Å²) < 4.78 is 28.8. The average Bonchev–Trinajstić information content (AvgIpc) is 3.21. The van der Waals surface area contributed by atoms with Crippen LogP contribution in [0.25, 0.3) is 0 Å². The molecule has 2 aromatic rings. The van der Waals surface area contributed by atoms with E-state index in [0.29, 0.717) is 24.7 Å². The van der Waals surface area contributed by atoms with Crippen LogP contribution in [0.5, 0.6) is 0 Å². The summed E-state index contributed by atoms with van der Waals surface area (Å²) in [5.41, 5.74) is 0.710. The van der Waals surface area contributed by atoms with E-state index in [4.69, 9.17) is 0 Å². The third-order valence-electron chi connectivity index (χ3n) is 6.22. The Morgan fingerprint density at radius 1 is 1.19 bits per heavy atom. The number of nitrogens with zero attached hydrogens (tertiary/aromatic N) is 2. The van der Waals surface area contributed by atoms with Gasteiger partial charge in [-0.25, -0.2) is 13.1 Å². The highest BCUT2D eigenvalue weighted by molar-refractivity contribution is 7.99. The number of hydrogen-bond donors (Lipinski definition) is 1. The van der Waals surface area contributed by atoms with Crippen LogP contribution in [0.15, 0.2) is 45.5 Å². The summed E-state index contributed by atoms with van der Waals surface area (Å²) in [5, 5.41) is 2.12. The van der Waals surface area contributed by atoms with Crippen molar-refractivity contribution in [2.45, 2.75) is 42.4 Å². The van der Waals surface area contributed by atoms with Crippen molar-refractivity contribution in [2.24, 2.45) is 5.92 Å². The third-order valence-corrected chi connectivity index (χ3v) is 9.73. The van der Waals surface area contributed by atoms with Crippen LogP contribution < -0.4 is 9.62 Å². The molecule has 174 valence electrons. The molecule has 0 atom stereocenters. The normalized spacial score (nSPS) is 18.3. The fraction of sp³-hybridized carbons (Fsp3) is 0.522. The van der Waals surface area contributed by atoms with E-state index < -0.39 is 10.0 Å². The molecule has 2 aliphatic heterocycles. The van der Waals surface area contributed by atoms with Gasteiger partial charge in [0.2, 0.25) is 15.9 Å². The number of piperidine rings is 1. The predicted octanol–water partition coefficient (Wildman–Crippen LogP) is 3.83.